The molecule has 0 bridgehead atoms. The predicted molar refractivity (Wildman–Crippen MR) is 105 cm³/mol. The van der Waals surface area contributed by atoms with E-state index in [-0.39, 0.29) is 5.56 Å². The molecular formula is C18H22BrN5O2. The molecule has 2 aliphatic heterocycles. The Balaban J connectivity index is 1.46. The van der Waals surface area contributed by atoms with Crippen LogP contribution in [-0.4, -0.2) is 53.0 Å². The van der Waals surface area contributed by atoms with Crippen LogP contribution < -0.4 is 15.8 Å². The van der Waals surface area contributed by atoms with Gasteiger partial charge in [0.1, 0.15) is 17.7 Å². The number of hydrogen-bond acceptors (Lipinski definition) is 6. The molecule has 0 saturated carbocycles. The lowest BCUT2D eigenvalue weighted by Gasteiger charge is -2.40. The lowest BCUT2D eigenvalue weighted by molar-refractivity contribution is 0.150. The third-order valence-electron chi connectivity index (χ3n) is 4.87. The minimum atomic E-state index is -0.0916. The highest BCUT2D eigenvalue weighted by molar-refractivity contribution is 9.10. The van der Waals surface area contributed by atoms with Gasteiger partial charge in [-0.3, -0.25) is 9.69 Å². The molecule has 2 aromatic heterocycles. The van der Waals surface area contributed by atoms with Crippen molar-refractivity contribution < 1.29 is 4.74 Å². The van der Waals surface area contributed by atoms with Crippen LogP contribution in [0.3, 0.4) is 0 Å². The van der Waals surface area contributed by atoms with E-state index in [1.807, 2.05) is 12.3 Å². The van der Waals surface area contributed by atoms with Gasteiger partial charge in [0, 0.05) is 43.4 Å². The number of aromatic nitrogens is 2. The van der Waals surface area contributed by atoms with Gasteiger partial charge >= 0.3 is 0 Å². The van der Waals surface area contributed by atoms with Gasteiger partial charge in [0.05, 0.1) is 18.5 Å². The van der Waals surface area contributed by atoms with Crippen molar-refractivity contribution in [1.29, 1.82) is 0 Å². The van der Waals surface area contributed by atoms with Crippen molar-refractivity contribution in [3.8, 4) is 0 Å². The second-order valence-corrected chi connectivity index (χ2v) is 7.76. The molecule has 1 N–H and O–H groups in total. The van der Waals surface area contributed by atoms with E-state index in [2.05, 4.69) is 49.0 Å². The Labute approximate surface area is 160 Å². The number of nitrogens with zero attached hydrogens (tertiary/aromatic N) is 4. The summed E-state index contributed by atoms with van der Waals surface area (Å²) in [5.74, 6) is 0.654. The minimum absolute atomic E-state index is 0.0916. The average Bonchev–Trinajstić information content (AvgIpc) is 3.45. The third kappa shape index (κ3) is 3.62. The summed E-state index contributed by atoms with van der Waals surface area (Å²) < 4.78 is 7.76. The zero-order valence-electron chi connectivity index (χ0n) is 14.9. The second-order valence-electron chi connectivity index (χ2n) is 6.84. The van der Waals surface area contributed by atoms with E-state index in [9.17, 15) is 4.79 Å². The number of ether oxygens (including phenoxy) is 1. The van der Waals surface area contributed by atoms with Crippen LogP contribution in [0.2, 0.25) is 0 Å². The second kappa shape index (κ2) is 7.02. The van der Waals surface area contributed by atoms with Crippen LogP contribution >= 0.6 is 15.9 Å². The standard InChI is InChI=1S/C18H22BrN5O2/c1-12-9-23(17-11-26-17)5-6-24(12)14-3-4-16(20-8-14)21-15-7-13(19)10-22(2)18(15)25/h3-4,7-8,10,12,17H,5-6,9,11H2,1-2H3,(H,20,21)/t12-,17?/m0/s1. The summed E-state index contributed by atoms with van der Waals surface area (Å²) in [4.78, 5) is 21.5. The Morgan fingerprint density at radius 1 is 1.35 bits per heavy atom. The smallest absolute Gasteiger partial charge is 0.274 e. The van der Waals surface area contributed by atoms with Crippen LogP contribution in [0.1, 0.15) is 6.92 Å². The molecule has 0 aliphatic carbocycles. The molecule has 2 atom stereocenters. The molecule has 0 radical (unpaired) electrons. The highest BCUT2D eigenvalue weighted by Gasteiger charge is 2.35. The SMILES string of the molecule is C[C@H]1CN(C2CO2)CCN1c1ccc(Nc2cc(Br)cn(C)c2=O)nc1. The van der Waals surface area contributed by atoms with Gasteiger partial charge in [0.25, 0.3) is 5.56 Å². The molecule has 2 saturated heterocycles. The fraction of sp³-hybridized carbons (Fsp3) is 0.444. The maximum Gasteiger partial charge on any atom is 0.274 e. The summed E-state index contributed by atoms with van der Waals surface area (Å²) in [6.07, 6.45) is 3.93. The Kier molecular flexibility index (Phi) is 4.73. The van der Waals surface area contributed by atoms with Gasteiger partial charge in [0.2, 0.25) is 0 Å². The Hall–Kier alpha value is -1.90. The first-order chi connectivity index (χ1) is 12.5. The Bertz CT molecular complexity index is 850. The molecule has 8 heteroatoms. The molecule has 1 unspecified atom stereocenters. The zero-order chi connectivity index (χ0) is 18.3. The topological polar surface area (TPSA) is 65.9 Å². The number of nitrogens with one attached hydrogen (secondary N) is 1. The van der Waals surface area contributed by atoms with E-state index in [0.29, 0.717) is 23.8 Å². The molecule has 0 spiro atoms. The number of aryl methyl sites for hydroxylation is 1. The average molecular weight is 420 g/mol. The number of hydrogen-bond donors (Lipinski definition) is 1. The summed E-state index contributed by atoms with van der Waals surface area (Å²) in [6, 6.07) is 6.14. The molecule has 0 aromatic carbocycles. The van der Waals surface area contributed by atoms with E-state index in [1.54, 1.807) is 19.3 Å². The molecular weight excluding hydrogens is 398 g/mol. The highest BCUT2D eigenvalue weighted by atomic mass is 79.9. The summed E-state index contributed by atoms with van der Waals surface area (Å²) in [7, 11) is 1.72. The van der Waals surface area contributed by atoms with Crippen molar-refractivity contribution in [2.75, 3.05) is 36.5 Å². The van der Waals surface area contributed by atoms with Crippen LogP contribution in [0, 0.1) is 0 Å². The number of halogens is 1. The van der Waals surface area contributed by atoms with Crippen molar-refractivity contribution in [1.82, 2.24) is 14.5 Å². The van der Waals surface area contributed by atoms with Crippen molar-refractivity contribution in [2.45, 2.75) is 19.2 Å². The number of pyridine rings is 2. The van der Waals surface area contributed by atoms with Gasteiger partial charge in [-0.25, -0.2) is 4.98 Å². The summed E-state index contributed by atoms with van der Waals surface area (Å²) in [5.41, 5.74) is 1.50. The van der Waals surface area contributed by atoms with E-state index in [0.717, 1.165) is 36.4 Å². The van der Waals surface area contributed by atoms with Crippen molar-refractivity contribution >= 4 is 33.1 Å². The first-order valence-corrected chi connectivity index (χ1v) is 9.52. The van der Waals surface area contributed by atoms with Crippen LogP contribution in [0.25, 0.3) is 0 Å². The van der Waals surface area contributed by atoms with Crippen LogP contribution in [0.5, 0.6) is 0 Å². The van der Waals surface area contributed by atoms with Gasteiger partial charge < -0.3 is 19.5 Å². The molecule has 26 heavy (non-hydrogen) atoms. The van der Waals surface area contributed by atoms with Crippen molar-refractivity contribution in [3.05, 3.63) is 45.4 Å². The van der Waals surface area contributed by atoms with Crippen LogP contribution in [-0.2, 0) is 11.8 Å². The molecule has 2 aromatic rings. The Morgan fingerprint density at radius 3 is 2.81 bits per heavy atom. The summed E-state index contributed by atoms with van der Waals surface area (Å²) in [5, 5.41) is 3.11. The molecule has 2 fully saturated rings. The highest BCUT2D eigenvalue weighted by Crippen LogP contribution is 2.25. The monoisotopic (exact) mass is 419 g/mol. The summed E-state index contributed by atoms with van der Waals surface area (Å²) >= 11 is 3.41. The van der Waals surface area contributed by atoms with Crippen molar-refractivity contribution in [2.24, 2.45) is 7.05 Å². The zero-order valence-corrected chi connectivity index (χ0v) is 16.4. The lowest BCUT2D eigenvalue weighted by atomic mass is 10.1. The maximum atomic E-state index is 12.2. The van der Waals surface area contributed by atoms with Gasteiger partial charge in [0.15, 0.2) is 0 Å². The van der Waals surface area contributed by atoms with Gasteiger partial charge in [-0.05, 0) is 41.1 Å². The number of rotatable bonds is 4. The normalized spacial score (nSPS) is 23.1. The maximum absolute atomic E-state index is 12.2. The first kappa shape index (κ1) is 17.5. The Morgan fingerprint density at radius 2 is 2.15 bits per heavy atom. The van der Waals surface area contributed by atoms with Crippen molar-refractivity contribution in [3.63, 3.8) is 0 Å². The predicted octanol–water partition coefficient (Wildman–Crippen LogP) is 2.15. The van der Waals surface area contributed by atoms with Gasteiger partial charge in [-0.2, -0.15) is 0 Å². The number of epoxide rings is 1. The largest absolute Gasteiger partial charge is 0.365 e. The first-order valence-electron chi connectivity index (χ1n) is 8.73. The van der Waals surface area contributed by atoms with Crippen LogP contribution in [0.4, 0.5) is 17.2 Å². The van der Waals surface area contributed by atoms with E-state index >= 15 is 0 Å². The molecule has 7 nitrogen and oxygen atoms in total. The van der Waals surface area contributed by atoms with Gasteiger partial charge in [-0.1, -0.05) is 0 Å². The fourth-order valence-electron chi connectivity index (χ4n) is 3.41. The molecule has 138 valence electrons. The minimum Gasteiger partial charge on any atom is -0.365 e. The molecule has 4 rings (SSSR count). The summed E-state index contributed by atoms with van der Waals surface area (Å²) in [6.45, 7) is 6.05. The molecule has 4 heterocycles. The fourth-order valence-corrected chi connectivity index (χ4v) is 3.95. The lowest BCUT2D eigenvalue weighted by Crippen LogP contribution is -2.52. The van der Waals surface area contributed by atoms with E-state index in [4.69, 9.17) is 4.74 Å². The third-order valence-corrected chi connectivity index (χ3v) is 5.31. The van der Waals surface area contributed by atoms with E-state index in [1.165, 1.54) is 4.57 Å². The number of anilines is 3. The van der Waals surface area contributed by atoms with E-state index < -0.39 is 0 Å². The quantitative estimate of drug-likeness (QED) is 0.765. The molecule has 2 aliphatic rings. The van der Waals surface area contributed by atoms with Gasteiger partial charge in [-0.15, -0.1) is 0 Å². The number of piperazine rings is 1. The van der Waals surface area contributed by atoms with Crippen LogP contribution in [0.15, 0.2) is 39.9 Å². The molecule has 0 amide bonds.